The van der Waals surface area contributed by atoms with E-state index in [0.717, 1.165) is 18.7 Å². The summed E-state index contributed by atoms with van der Waals surface area (Å²) in [6.45, 7) is 4.96. The van der Waals surface area contributed by atoms with Crippen molar-refractivity contribution in [2.75, 3.05) is 18.0 Å². The quantitative estimate of drug-likeness (QED) is 0.917. The minimum Gasteiger partial charge on any atom is -0.372 e. The normalized spacial score (nSPS) is 14.0. The molecule has 1 N–H and O–H groups in total. The average Bonchev–Trinajstić information content (AvgIpc) is 3.09. The number of aryl methyl sites for hydroxylation is 1. The van der Waals surface area contributed by atoms with Crippen LogP contribution in [0.4, 0.5) is 5.69 Å². The zero-order valence-corrected chi connectivity index (χ0v) is 13.7. The largest absolute Gasteiger partial charge is 0.372 e. The molecule has 0 bridgehead atoms. The maximum atomic E-state index is 12.1. The van der Waals surface area contributed by atoms with Crippen LogP contribution in [0.1, 0.15) is 29.5 Å². The topological polar surface area (TPSA) is 32.3 Å². The number of amides is 1. The highest BCUT2D eigenvalue weighted by atomic mass is 16.1. The van der Waals surface area contributed by atoms with Crippen LogP contribution in [0.3, 0.4) is 0 Å². The lowest BCUT2D eigenvalue weighted by Crippen LogP contribution is -2.25. The van der Waals surface area contributed by atoms with Crippen LogP contribution in [0.2, 0.25) is 0 Å². The molecule has 1 saturated heterocycles. The van der Waals surface area contributed by atoms with Crippen LogP contribution >= 0.6 is 0 Å². The van der Waals surface area contributed by atoms with E-state index in [1.165, 1.54) is 29.7 Å². The minimum atomic E-state index is 0.0715. The van der Waals surface area contributed by atoms with Crippen molar-refractivity contribution < 1.29 is 4.79 Å². The Morgan fingerprint density at radius 3 is 2.43 bits per heavy atom. The molecule has 1 aliphatic rings. The van der Waals surface area contributed by atoms with Crippen molar-refractivity contribution in [3.63, 3.8) is 0 Å². The van der Waals surface area contributed by atoms with Crippen molar-refractivity contribution in [3.8, 4) is 0 Å². The van der Waals surface area contributed by atoms with Crippen molar-refractivity contribution in [1.82, 2.24) is 5.32 Å². The van der Waals surface area contributed by atoms with E-state index in [-0.39, 0.29) is 5.91 Å². The second-order valence-corrected chi connectivity index (χ2v) is 6.24. The van der Waals surface area contributed by atoms with Gasteiger partial charge in [0.05, 0.1) is 6.42 Å². The third-order valence-corrected chi connectivity index (χ3v) is 4.51. The van der Waals surface area contributed by atoms with Gasteiger partial charge in [0.25, 0.3) is 0 Å². The number of nitrogens with one attached hydrogen (secondary N) is 1. The Balaban J connectivity index is 1.52. The Hall–Kier alpha value is -2.29. The fourth-order valence-electron chi connectivity index (χ4n) is 3.05. The van der Waals surface area contributed by atoms with Gasteiger partial charge >= 0.3 is 0 Å². The van der Waals surface area contributed by atoms with E-state index in [1.54, 1.807) is 0 Å². The number of nitrogens with zero attached hydrogens (tertiary/aromatic N) is 1. The monoisotopic (exact) mass is 308 g/mol. The highest BCUT2D eigenvalue weighted by Gasteiger charge is 2.12. The summed E-state index contributed by atoms with van der Waals surface area (Å²) in [4.78, 5) is 14.5. The van der Waals surface area contributed by atoms with E-state index in [1.807, 2.05) is 12.1 Å². The first-order chi connectivity index (χ1) is 11.2. The predicted molar refractivity (Wildman–Crippen MR) is 94.6 cm³/mol. The molecular formula is C20H24N2O. The van der Waals surface area contributed by atoms with Gasteiger partial charge < -0.3 is 10.2 Å². The number of carbonyl (C=O) groups excluding carboxylic acids is 1. The van der Waals surface area contributed by atoms with Crippen molar-refractivity contribution >= 4 is 11.6 Å². The molecule has 23 heavy (non-hydrogen) atoms. The van der Waals surface area contributed by atoms with Gasteiger partial charge in [0, 0.05) is 25.3 Å². The first kappa shape index (κ1) is 15.6. The summed E-state index contributed by atoms with van der Waals surface area (Å²) in [5.41, 5.74) is 4.72. The Morgan fingerprint density at radius 1 is 1.04 bits per heavy atom. The molecule has 3 nitrogen and oxygen atoms in total. The summed E-state index contributed by atoms with van der Waals surface area (Å²) < 4.78 is 0. The van der Waals surface area contributed by atoms with Crippen molar-refractivity contribution in [1.29, 1.82) is 0 Å². The standard InChI is InChI=1S/C20H24N2O/c1-16-6-2-3-7-18(16)15-21-20(23)14-17-8-10-19(11-9-17)22-12-4-5-13-22/h2-3,6-11H,4-5,12-15H2,1H3,(H,21,23). The van der Waals surface area contributed by atoms with Gasteiger partial charge in [-0.15, -0.1) is 0 Å². The summed E-state index contributed by atoms with van der Waals surface area (Å²) >= 11 is 0. The first-order valence-corrected chi connectivity index (χ1v) is 8.37. The van der Waals surface area contributed by atoms with E-state index >= 15 is 0 Å². The van der Waals surface area contributed by atoms with Gasteiger partial charge in [0.2, 0.25) is 5.91 Å². The molecule has 0 aliphatic carbocycles. The molecule has 120 valence electrons. The Kier molecular flexibility index (Phi) is 4.96. The number of hydrogen-bond acceptors (Lipinski definition) is 2. The SMILES string of the molecule is Cc1ccccc1CNC(=O)Cc1ccc(N2CCCC2)cc1. The summed E-state index contributed by atoms with van der Waals surface area (Å²) in [7, 11) is 0. The van der Waals surface area contributed by atoms with Crippen LogP contribution in [0, 0.1) is 6.92 Å². The van der Waals surface area contributed by atoms with Crippen LogP contribution in [0.15, 0.2) is 48.5 Å². The summed E-state index contributed by atoms with van der Waals surface area (Å²) in [6, 6.07) is 16.6. The van der Waals surface area contributed by atoms with Crippen molar-refractivity contribution in [3.05, 3.63) is 65.2 Å². The van der Waals surface area contributed by atoms with Crippen LogP contribution in [-0.4, -0.2) is 19.0 Å². The number of anilines is 1. The molecule has 3 heteroatoms. The molecular weight excluding hydrogens is 284 g/mol. The number of rotatable bonds is 5. The van der Waals surface area contributed by atoms with Crippen LogP contribution in [0.25, 0.3) is 0 Å². The van der Waals surface area contributed by atoms with Crippen molar-refractivity contribution in [2.24, 2.45) is 0 Å². The second kappa shape index (κ2) is 7.32. The van der Waals surface area contributed by atoms with Gasteiger partial charge in [-0.2, -0.15) is 0 Å². The Bertz CT molecular complexity index is 658. The fourth-order valence-corrected chi connectivity index (χ4v) is 3.05. The average molecular weight is 308 g/mol. The molecule has 1 aliphatic heterocycles. The number of carbonyl (C=O) groups is 1. The highest BCUT2D eigenvalue weighted by Crippen LogP contribution is 2.20. The molecule has 0 radical (unpaired) electrons. The van der Waals surface area contributed by atoms with Gasteiger partial charge in [0.1, 0.15) is 0 Å². The number of hydrogen-bond donors (Lipinski definition) is 1. The molecule has 3 rings (SSSR count). The molecule has 2 aromatic carbocycles. The Labute approximate surface area is 138 Å². The van der Waals surface area contributed by atoms with E-state index in [9.17, 15) is 4.79 Å². The molecule has 0 atom stereocenters. The van der Waals surface area contributed by atoms with Crippen LogP contribution in [-0.2, 0) is 17.8 Å². The summed E-state index contributed by atoms with van der Waals surface area (Å²) in [6.07, 6.45) is 3.00. The van der Waals surface area contributed by atoms with Gasteiger partial charge in [0.15, 0.2) is 0 Å². The lowest BCUT2D eigenvalue weighted by atomic mass is 10.1. The fraction of sp³-hybridized carbons (Fsp3) is 0.350. The molecule has 0 spiro atoms. The van der Waals surface area contributed by atoms with Gasteiger partial charge in [-0.25, -0.2) is 0 Å². The molecule has 0 saturated carbocycles. The molecule has 1 heterocycles. The number of benzene rings is 2. The molecule has 2 aromatic rings. The minimum absolute atomic E-state index is 0.0715. The van der Waals surface area contributed by atoms with E-state index in [0.29, 0.717) is 13.0 Å². The smallest absolute Gasteiger partial charge is 0.224 e. The van der Waals surface area contributed by atoms with Gasteiger partial charge in [-0.05, 0) is 48.6 Å². The van der Waals surface area contributed by atoms with E-state index in [2.05, 4.69) is 53.5 Å². The zero-order chi connectivity index (χ0) is 16.1. The predicted octanol–water partition coefficient (Wildman–Crippen LogP) is 3.45. The Morgan fingerprint density at radius 2 is 1.74 bits per heavy atom. The summed E-state index contributed by atoms with van der Waals surface area (Å²) in [5, 5.41) is 3.01. The maximum Gasteiger partial charge on any atom is 0.224 e. The summed E-state index contributed by atoms with van der Waals surface area (Å²) in [5.74, 6) is 0.0715. The third-order valence-electron chi connectivity index (χ3n) is 4.51. The van der Waals surface area contributed by atoms with E-state index < -0.39 is 0 Å². The third kappa shape index (κ3) is 4.13. The van der Waals surface area contributed by atoms with Crippen molar-refractivity contribution in [2.45, 2.75) is 32.7 Å². The van der Waals surface area contributed by atoms with Gasteiger partial charge in [-0.3, -0.25) is 4.79 Å². The van der Waals surface area contributed by atoms with Crippen LogP contribution in [0.5, 0.6) is 0 Å². The van der Waals surface area contributed by atoms with Gasteiger partial charge in [-0.1, -0.05) is 36.4 Å². The molecule has 0 aromatic heterocycles. The highest BCUT2D eigenvalue weighted by molar-refractivity contribution is 5.78. The first-order valence-electron chi connectivity index (χ1n) is 8.37. The second-order valence-electron chi connectivity index (χ2n) is 6.24. The molecule has 0 unspecified atom stereocenters. The molecule has 1 amide bonds. The zero-order valence-electron chi connectivity index (χ0n) is 13.7. The maximum absolute atomic E-state index is 12.1. The lowest BCUT2D eigenvalue weighted by Gasteiger charge is -2.17. The molecule has 1 fully saturated rings. The van der Waals surface area contributed by atoms with E-state index in [4.69, 9.17) is 0 Å². The van der Waals surface area contributed by atoms with Crippen LogP contribution < -0.4 is 10.2 Å². The lowest BCUT2D eigenvalue weighted by molar-refractivity contribution is -0.120.